The number of carbonyl (C=O) groups excluding carboxylic acids is 1. The zero-order valence-electron chi connectivity index (χ0n) is 12.2. The largest absolute Gasteiger partial charge is 0.486 e. The molecule has 0 saturated heterocycles. The normalized spacial score (nSPS) is 16.7. The molecular weight excluding hydrogens is 282 g/mol. The third-order valence-corrected chi connectivity index (χ3v) is 3.22. The van der Waals surface area contributed by atoms with Crippen LogP contribution in [0.15, 0.2) is 42.7 Å². The number of fused-ring (bicyclic) bond motifs is 1. The molecule has 1 amide bonds. The van der Waals surface area contributed by atoms with Crippen LogP contribution < -0.4 is 14.8 Å². The molecule has 1 aliphatic heterocycles. The van der Waals surface area contributed by atoms with Crippen molar-refractivity contribution in [2.75, 3.05) is 13.2 Å². The topological polar surface area (TPSA) is 65.4 Å². The molecule has 114 valence electrons. The van der Waals surface area contributed by atoms with E-state index >= 15 is 0 Å². The molecule has 3 rings (SSSR count). The number of nitrogens with one attached hydrogen (secondary N) is 1. The smallest absolute Gasteiger partial charge is 0.244 e. The molecule has 0 aliphatic carbocycles. The van der Waals surface area contributed by atoms with E-state index in [1.54, 1.807) is 17.0 Å². The summed E-state index contributed by atoms with van der Waals surface area (Å²) in [6.45, 7) is 0.814. The molecule has 1 aliphatic rings. The number of aromatic nitrogens is 2. The summed E-state index contributed by atoms with van der Waals surface area (Å²) in [4.78, 5) is 11.8. The third kappa shape index (κ3) is 3.46. The van der Waals surface area contributed by atoms with Gasteiger partial charge < -0.3 is 14.8 Å². The van der Waals surface area contributed by atoms with E-state index < -0.39 is 0 Å². The predicted molar refractivity (Wildman–Crippen MR) is 81.6 cm³/mol. The van der Waals surface area contributed by atoms with Gasteiger partial charge in [0, 0.05) is 24.9 Å². The fourth-order valence-electron chi connectivity index (χ4n) is 2.14. The predicted octanol–water partition coefficient (Wildman–Crippen LogP) is 1.39. The highest BCUT2D eigenvalue weighted by Crippen LogP contribution is 2.30. The van der Waals surface area contributed by atoms with Crippen LogP contribution >= 0.6 is 0 Å². The molecule has 1 N–H and O–H groups in total. The second kappa shape index (κ2) is 6.34. The molecule has 0 radical (unpaired) electrons. The lowest BCUT2D eigenvalue weighted by Gasteiger charge is -2.26. The maximum Gasteiger partial charge on any atom is 0.244 e. The van der Waals surface area contributed by atoms with Gasteiger partial charge in [-0.15, -0.1) is 0 Å². The van der Waals surface area contributed by atoms with Gasteiger partial charge in [0.1, 0.15) is 12.7 Å². The van der Waals surface area contributed by atoms with Crippen molar-refractivity contribution in [3.05, 3.63) is 48.3 Å². The number of rotatable bonds is 4. The molecule has 6 heteroatoms. The molecule has 0 spiro atoms. The average molecular weight is 299 g/mol. The first-order chi connectivity index (χ1) is 10.7. The van der Waals surface area contributed by atoms with E-state index in [9.17, 15) is 4.79 Å². The van der Waals surface area contributed by atoms with Crippen molar-refractivity contribution < 1.29 is 14.3 Å². The van der Waals surface area contributed by atoms with Crippen LogP contribution in [0.1, 0.15) is 5.56 Å². The van der Waals surface area contributed by atoms with Gasteiger partial charge >= 0.3 is 0 Å². The van der Waals surface area contributed by atoms with Crippen LogP contribution in [0.4, 0.5) is 0 Å². The third-order valence-electron chi connectivity index (χ3n) is 3.22. The van der Waals surface area contributed by atoms with Gasteiger partial charge in [-0.2, -0.15) is 5.10 Å². The summed E-state index contributed by atoms with van der Waals surface area (Å²) in [5, 5.41) is 6.83. The van der Waals surface area contributed by atoms with Gasteiger partial charge in [-0.3, -0.25) is 9.48 Å². The molecule has 2 heterocycles. The first kappa shape index (κ1) is 14.2. The first-order valence-corrected chi connectivity index (χ1v) is 7.04. The molecule has 1 aromatic carbocycles. The fraction of sp³-hybridized carbons (Fsp3) is 0.250. The molecule has 0 fully saturated rings. The number of benzene rings is 1. The molecule has 22 heavy (non-hydrogen) atoms. The van der Waals surface area contributed by atoms with E-state index in [1.165, 1.54) is 6.08 Å². The van der Waals surface area contributed by atoms with E-state index in [4.69, 9.17) is 9.47 Å². The SMILES string of the molecule is Cn1cc(C=CC(=O)NCC2COc3ccccc3O2)cn1. The molecule has 6 nitrogen and oxygen atoms in total. The summed E-state index contributed by atoms with van der Waals surface area (Å²) in [7, 11) is 1.83. The molecule has 1 atom stereocenters. The zero-order valence-corrected chi connectivity index (χ0v) is 12.2. The second-order valence-electron chi connectivity index (χ2n) is 5.02. The number of carbonyl (C=O) groups is 1. The van der Waals surface area contributed by atoms with Crippen molar-refractivity contribution in [1.29, 1.82) is 0 Å². The average Bonchev–Trinajstić information content (AvgIpc) is 2.96. The van der Waals surface area contributed by atoms with Crippen LogP contribution in [0.2, 0.25) is 0 Å². The van der Waals surface area contributed by atoms with Crippen molar-refractivity contribution in [3.8, 4) is 11.5 Å². The number of aryl methyl sites for hydroxylation is 1. The summed E-state index contributed by atoms with van der Waals surface area (Å²) in [5.41, 5.74) is 0.879. The summed E-state index contributed by atoms with van der Waals surface area (Å²) < 4.78 is 13.0. The van der Waals surface area contributed by atoms with Crippen LogP contribution in [-0.2, 0) is 11.8 Å². The van der Waals surface area contributed by atoms with Crippen LogP contribution in [0, 0.1) is 0 Å². The minimum absolute atomic E-state index is 0.175. The Bertz CT molecular complexity index is 693. The number of hydrogen-bond donors (Lipinski definition) is 1. The Morgan fingerprint density at radius 1 is 1.45 bits per heavy atom. The van der Waals surface area contributed by atoms with E-state index in [0.717, 1.165) is 11.3 Å². The highest BCUT2D eigenvalue weighted by Gasteiger charge is 2.20. The van der Waals surface area contributed by atoms with Crippen molar-refractivity contribution >= 4 is 12.0 Å². The van der Waals surface area contributed by atoms with Crippen LogP contribution in [0.25, 0.3) is 6.08 Å². The van der Waals surface area contributed by atoms with Crippen molar-refractivity contribution in [2.24, 2.45) is 7.05 Å². The summed E-state index contributed by atoms with van der Waals surface area (Å²) in [6.07, 6.45) is 6.54. The second-order valence-corrected chi connectivity index (χ2v) is 5.02. The molecular formula is C16H17N3O3. The standard InChI is InChI=1S/C16H17N3O3/c1-19-10-12(8-18-19)6-7-16(20)17-9-13-11-21-14-4-2-3-5-15(14)22-13/h2-8,10,13H,9,11H2,1H3,(H,17,20). The quantitative estimate of drug-likeness (QED) is 0.867. The van der Waals surface area contributed by atoms with E-state index in [-0.39, 0.29) is 12.0 Å². The van der Waals surface area contributed by atoms with Crippen molar-refractivity contribution in [3.63, 3.8) is 0 Å². The Morgan fingerprint density at radius 3 is 3.05 bits per heavy atom. The van der Waals surface area contributed by atoms with Crippen molar-refractivity contribution in [1.82, 2.24) is 15.1 Å². The van der Waals surface area contributed by atoms with Crippen LogP contribution in [-0.4, -0.2) is 34.9 Å². The Labute approximate surface area is 128 Å². The van der Waals surface area contributed by atoms with Gasteiger partial charge in [0.15, 0.2) is 11.5 Å². The number of ether oxygens (including phenoxy) is 2. The van der Waals surface area contributed by atoms with Crippen LogP contribution in [0.3, 0.4) is 0 Å². The van der Waals surface area contributed by atoms with Gasteiger partial charge in [0.2, 0.25) is 5.91 Å². The number of nitrogens with zero attached hydrogens (tertiary/aromatic N) is 2. The Morgan fingerprint density at radius 2 is 2.27 bits per heavy atom. The van der Waals surface area contributed by atoms with Gasteiger partial charge in [-0.25, -0.2) is 0 Å². The fourth-order valence-corrected chi connectivity index (χ4v) is 2.14. The van der Waals surface area contributed by atoms with Gasteiger partial charge in [0.25, 0.3) is 0 Å². The minimum Gasteiger partial charge on any atom is -0.486 e. The molecule has 1 aromatic heterocycles. The van der Waals surface area contributed by atoms with Crippen LogP contribution in [0.5, 0.6) is 11.5 Å². The summed E-state index contributed by atoms with van der Waals surface area (Å²) >= 11 is 0. The van der Waals surface area contributed by atoms with E-state index in [2.05, 4.69) is 10.4 Å². The Kier molecular flexibility index (Phi) is 4.09. The van der Waals surface area contributed by atoms with Crippen molar-refractivity contribution in [2.45, 2.75) is 6.10 Å². The maximum absolute atomic E-state index is 11.8. The van der Waals surface area contributed by atoms with Gasteiger partial charge in [-0.1, -0.05) is 12.1 Å². The minimum atomic E-state index is -0.189. The highest BCUT2D eigenvalue weighted by atomic mass is 16.6. The molecule has 1 unspecified atom stereocenters. The van der Waals surface area contributed by atoms with E-state index in [1.807, 2.05) is 37.5 Å². The summed E-state index contributed by atoms with van der Waals surface area (Å²) in [5.74, 6) is 1.27. The maximum atomic E-state index is 11.8. The van der Waals surface area contributed by atoms with Gasteiger partial charge in [0.05, 0.1) is 12.7 Å². The first-order valence-electron chi connectivity index (χ1n) is 7.04. The molecule has 0 bridgehead atoms. The molecule has 0 saturated carbocycles. The lowest BCUT2D eigenvalue weighted by atomic mass is 10.2. The Hall–Kier alpha value is -2.76. The Balaban J connectivity index is 1.49. The monoisotopic (exact) mass is 299 g/mol. The summed E-state index contributed by atoms with van der Waals surface area (Å²) in [6, 6.07) is 7.50. The van der Waals surface area contributed by atoms with E-state index in [0.29, 0.717) is 18.9 Å². The lowest BCUT2D eigenvalue weighted by Crippen LogP contribution is -2.40. The highest BCUT2D eigenvalue weighted by molar-refractivity contribution is 5.91. The van der Waals surface area contributed by atoms with Gasteiger partial charge in [-0.05, 0) is 18.2 Å². The number of hydrogen-bond acceptors (Lipinski definition) is 4. The lowest BCUT2D eigenvalue weighted by molar-refractivity contribution is -0.116. The zero-order chi connectivity index (χ0) is 15.4. The molecule has 2 aromatic rings. The number of para-hydroxylation sites is 2. The number of amides is 1.